The molecule has 0 atom stereocenters. The predicted molar refractivity (Wildman–Crippen MR) is 109 cm³/mol. The summed E-state index contributed by atoms with van der Waals surface area (Å²) in [6.07, 6.45) is 0.746. The van der Waals surface area contributed by atoms with Crippen LogP contribution in [0.4, 0.5) is 5.82 Å². The third-order valence-corrected chi connectivity index (χ3v) is 3.93. The predicted octanol–water partition coefficient (Wildman–Crippen LogP) is 0.611. The van der Waals surface area contributed by atoms with Crippen molar-refractivity contribution in [3.8, 4) is 5.95 Å². The molecule has 10 nitrogen and oxygen atoms in total. The Morgan fingerprint density at radius 2 is 1.72 bits per heavy atom. The first-order chi connectivity index (χ1) is 13.8. The Labute approximate surface area is 170 Å². The van der Waals surface area contributed by atoms with Crippen LogP contribution in [0.1, 0.15) is 23.5 Å². The zero-order chi connectivity index (χ0) is 21.4. The zero-order valence-electron chi connectivity index (χ0n) is 17.7. The first-order valence-electron chi connectivity index (χ1n) is 9.42. The van der Waals surface area contributed by atoms with Crippen LogP contribution in [-0.2, 0) is 14.3 Å². The van der Waals surface area contributed by atoms with Crippen LogP contribution in [0, 0.1) is 20.8 Å². The molecule has 0 aliphatic heterocycles. The fourth-order valence-electron chi connectivity index (χ4n) is 2.77. The molecule has 158 valence electrons. The van der Waals surface area contributed by atoms with Crippen molar-refractivity contribution in [1.82, 2.24) is 30.0 Å². The zero-order valence-corrected chi connectivity index (χ0v) is 17.7. The van der Waals surface area contributed by atoms with Gasteiger partial charge in [-0.25, -0.2) is 9.97 Å². The first-order valence-corrected chi connectivity index (χ1v) is 9.42. The Kier molecular flexibility index (Phi) is 8.22. The molecule has 0 aliphatic carbocycles. The number of amides is 2. The number of nitrogens with zero attached hydrogens (tertiary/aromatic N) is 5. The minimum Gasteiger partial charge on any atom is -0.385 e. The minimum atomic E-state index is -0.259. The van der Waals surface area contributed by atoms with E-state index in [1.807, 2.05) is 26.8 Å². The van der Waals surface area contributed by atoms with Gasteiger partial charge in [-0.1, -0.05) is 0 Å². The molecule has 0 saturated carbocycles. The van der Waals surface area contributed by atoms with Crippen molar-refractivity contribution >= 4 is 17.6 Å². The number of hydrogen-bond donors (Lipinski definition) is 2. The molecule has 2 aromatic rings. The summed E-state index contributed by atoms with van der Waals surface area (Å²) in [5.74, 6) is 0.482. The van der Waals surface area contributed by atoms with Crippen molar-refractivity contribution in [3.05, 3.63) is 29.2 Å². The summed E-state index contributed by atoms with van der Waals surface area (Å²) >= 11 is 0. The lowest BCUT2D eigenvalue weighted by molar-refractivity contribution is -0.123. The highest BCUT2D eigenvalue weighted by Gasteiger charge is 2.16. The Balaban J connectivity index is 1.95. The van der Waals surface area contributed by atoms with Gasteiger partial charge in [0.2, 0.25) is 11.8 Å². The highest BCUT2D eigenvalue weighted by atomic mass is 16.5. The number of hydrogen-bond acceptors (Lipinski definition) is 7. The quantitative estimate of drug-likeness (QED) is 0.559. The van der Waals surface area contributed by atoms with E-state index < -0.39 is 0 Å². The smallest absolute Gasteiger partial charge is 0.252 e. The molecule has 2 amide bonds. The highest BCUT2D eigenvalue weighted by molar-refractivity contribution is 5.92. The number of likely N-dealkylation sites (N-methyl/N-ethyl adjacent to an activating group) is 1. The average Bonchev–Trinajstić information content (AvgIpc) is 2.97. The molecule has 2 aromatic heterocycles. The average molecular weight is 403 g/mol. The summed E-state index contributed by atoms with van der Waals surface area (Å²) in [7, 11) is 3.33. The standard InChI is InChI=1S/C19H29N7O3/c1-13-9-14(2)22-19(21-13)26-16(10-15(3)24-26)23-18(28)12-25(4)11-17(27)20-7-6-8-29-5/h9-10H,6-8,11-12H2,1-5H3,(H,20,27)(H,23,28). The van der Waals surface area contributed by atoms with Crippen LogP contribution in [0.25, 0.3) is 5.95 Å². The maximum Gasteiger partial charge on any atom is 0.252 e. The van der Waals surface area contributed by atoms with Crippen molar-refractivity contribution in [1.29, 1.82) is 0 Å². The lowest BCUT2D eigenvalue weighted by Crippen LogP contribution is -2.39. The lowest BCUT2D eigenvalue weighted by Gasteiger charge is -2.16. The third kappa shape index (κ3) is 7.24. The van der Waals surface area contributed by atoms with Gasteiger partial charge in [-0.05, 0) is 40.3 Å². The molecule has 0 unspecified atom stereocenters. The van der Waals surface area contributed by atoms with Crippen LogP contribution in [0.3, 0.4) is 0 Å². The Morgan fingerprint density at radius 1 is 1.07 bits per heavy atom. The van der Waals surface area contributed by atoms with Crippen molar-refractivity contribution < 1.29 is 14.3 Å². The van der Waals surface area contributed by atoms with Crippen LogP contribution < -0.4 is 10.6 Å². The van der Waals surface area contributed by atoms with Gasteiger partial charge in [0, 0.05) is 37.7 Å². The Hall–Kier alpha value is -2.85. The highest BCUT2D eigenvalue weighted by Crippen LogP contribution is 2.15. The van der Waals surface area contributed by atoms with Crippen LogP contribution in [0.5, 0.6) is 0 Å². The van der Waals surface area contributed by atoms with Crippen molar-refractivity contribution in [2.24, 2.45) is 0 Å². The topological polar surface area (TPSA) is 114 Å². The van der Waals surface area contributed by atoms with Gasteiger partial charge in [0.05, 0.1) is 18.8 Å². The van der Waals surface area contributed by atoms with Crippen LogP contribution >= 0.6 is 0 Å². The number of nitrogens with one attached hydrogen (secondary N) is 2. The second-order valence-corrected chi connectivity index (χ2v) is 6.95. The van der Waals surface area contributed by atoms with Gasteiger partial charge in [-0.3, -0.25) is 14.5 Å². The van der Waals surface area contributed by atoms with E-state index in [-0.39, 0.29) is 24.9 Å². The summed E-state index contributed by atoms with van der Waals surface area (Å²) in [4.78, 5) is 34.8. The van der Waals surface area contributed by atoms with Crippen molar-refractivity contribution in [2.75, 3.05) is 45.7 Å². The largest absolute Gasteiger partial charge is 0.385 e. The summed E-state index contributed by atoms with van der Waals surface area (Å²) < 4.78 is 6.45. The fraction of sp³-hybridized carbons (Fsp3) is 0.526. The molecule has 0 radical (unpaired) electrons. The second-order valence-electron chi connectivity index (χ2n) is 6.95. The molecule has 29 heavy (non-hydrogen) atoms. The van der Waals surface area contributed by atoms with Gasteiger partial charge < -0.3 is 15.4 Å². The maximum atomic E-state index is 12.4. The van der Waals surface area contributed by atoms with Crippen LogP contribution in [-0.4, -0.2) is 76.9 Å². The molecular weight excluding hydrogens is 374 g/mol. The summed E-state index contributed by atoms with van der Waals surface area (Å²) in [5, 5.41) is 10.00. The number of aromatic nitrogens is 4. The van der Waals surface area contributed by atoms with Gasteiger partial charge >= 0.3 is 0 Å². The molecule has 2 heterocycles. The number of anilines is 1. The van der Waals surface area contributed by atoms with E-state index >= 15 is 0 Å². The molecule has 10 heteroatoms. The number of methoxy groups -OCH3 is 1. The van der Waals surface area contributed by atoms with Gasteiger partial charge in [0.25, 0.3) is 5.95 Å². The molecule has 0 aromatic carbocycles. The van der Waals surface area contributed by atoms with Crippen molar-refractivity contribution in [3.63, 3.8) is 0 Å². The molecule has 0 fully saturated rings. The van der Waals surface area contributed by atoms with E-state index in [1.54, 1.807) is 25.1 Å². The number of carbonyl (C=O) groups excluding carboxylic acids is 2. The van der Waals surface area contributed by atoms with E-state index in [0.717, 1.165) is 23.5 Å². The van der Waals surface area contributed by atoms with E-state index in [9.17, 15) is 9.59 Å². The monoisotopic (exact) mass is 403 g/mol. The molecule has 2 rings (SSSR count). The van der Waals surface area contributed by atoms with E-state index in [2.05, 4.69) is 25.7 Å². The molecular formula is C19H29N7O3. The SMILES string of the molecule is COCCCNC(=O)CN(C)CC(=O)Nc1cc(C)nn1-c1nc(C)cc(C)n1. The molecule has 0 aliphatic rings. The number of aryl methyl sites for hydroxylation is 3. The van der Waals surface area contributed by atoms with Gasteiger partial charge in [-0.2, -0.15) is 9.78 Å². The number of carbonyl (C=O) groups is 2. The Bertz CT molecular complexity index is 830. The van der Waals surface area contributed by atoms with Crippen LogP contribution in [0.15, 0.2) is 12.1 Å². The number of ether oxygens (including phenoxy) is 1. The van der Waals surface area contributed by atoms with Gasteiger partial charge in [0.15, 0.2) is 0 Å². The lowest BCUT2D eigenvalue weighted by atomic mass is 10.4. The van der Waals surface area contributed by atoms with E-state index in [1.165, 1.54) is 4.68 Å². The van der Waals surface area contributed by atoms with E-state index in [4.69, 9.17) is 4.74 Å². The number of rotatable bonds is 10. The fourth-order valence-corrected chi connectivity index (χ4v) is 2.77. The first kappa shape index (κ1) is 22.4. The normalized spacial score (nSPS) is 11.0. The van der Waals surface area contributed by atoms with Gasteiger partial charge in [-0.15, -0.1) is 0 Å². The molecule has 0 bridgehead atoms. The molecule has 2 N–H and O–H groups in total. The Morgan fingerprint density at radius 3 is 2.38 bits per heavy atom. The molecule has 0 spiro atoms. The van der Waals surface area contributed by atoms with Gasteiger partial charge in [0.1, 0.15) is 5.82 Å². The minimum absolute atomic E-state index is 0.0589. The molecule has 0 saturated heterocycles. The van der Waals surface area contributed by atoms with Crippen LogP contribution in [0.2, 0.25) is 0 Å². The summed E-state index contributed by atoms with van der Waals surface area (Å²) in [5.41, 5.74) is 2.36. The summed E-state index contributed by atoms with van der Waals surface area (Å²) in [6, 6.07) is 3.62. The second kappa shape index (κ2) is 10.6. The summed E-state index contributed by atoms with van der Waals surface area (Å²) in [6.45, 7) is 6.90. The van der Waals surface area contributed by atoms with Crippen molar-refractivity contribution in [2.45, 2.75) is 27.2 Å². The maximum absolute atomic E-state index is 12.4. The third-order valence-electron chi connectivity index (χ3n) is 3.93. The van der Waals surface area contributed by atoms with E-state index in [0.29, 0.717) is 24.9 Å².